The molecule has 9 heteroatoms. The number of fused-ring (bicyclic) bond motifs is 1. The van der Waals surface area contributed by atoms with Gasteiger partial charge in [-0.05, 0) is 99.5 Å². The first-order valence-electron chi connectivity index (χ1n) is 14.2. The summed E-state index contributed by atoms with van der Waals surface area (Å²) in [4.78, 5) is 0.456. The third kappa shape index (κ3) is 5.81. The van der Waals surface area contributed by atoms with Gasteiger partial charge in [0.15, 0.2) is 0 Å². The molecule has 7 nitrogen and oxygen atoms in total. The van der Waals surface area contributed by atoms with Gasteiger partial charge in [0.1, 0.15) is 0 Å². The highest BCUT2D eigenvalue weighted by molar-refractivity contribution is 7.95. The van der Waals surface area contributed by atoms with Crippen molar-refractivity contribution in [3.8, 4) is 0 Å². The number of hydrogen-bond acceptors (Lipinski definition) is 7. The normalized spacial score (nSPS) is 29.3. The summed E-state index contributed by atoms with van der Waals surface area (Å²) >= 11 is 0. The van der Waals surface area contributed by atoms with Crippen LogP contribution in [0.1, 0.15) is 64.4 Å². The van der Waals surface area contributed by atoms with Crippen molar-refractivity contribution in [2.75, 3.05) is 13.2 Å². The first-order chi connectivity index (χ1) is 18.9. The van der Waals surface area contributed by atoms with Crippen molar-refractivity contribution < 1.29 is 30.9 Å². The SMILES string of the molecule is Cc1ccc(S(=O)(=O)OC[C@H](CCCC2(C)CO2)C2CCC3=C(S(=O)(=O)c4ccccc4)[C@@H](O)CC[C@@]32C)cc1. The number of aliphatic hydroxyl groups excluding tert-OH is 1. The zero-order valence-electron chi connectivity index (χ0n) is 23.5. The van der Waals surface area contributed by atoms with Crippen LogP contribution >= 0.6 is 0 Å². The lowest BCUT2D eigenvalue weighted by molar-refractivity contribution is 0.0873. The molecule has 1 saturated carbocycles. The summed E-state index contributed by atoms with van der Waals surface area (Å²) < 4.78 is 64.9. The van der Waals surface area contributed by atoms with Gasteiger partial charge in [-0.25, -0.2) is 8.42 Å². The number of ether oxygens (including phenoxy) is 1. The molecule has 1 aliphatic heterocycles. The van der Waals surface area contributed by atoms with Crippen LogP contribution in [-0.2, 0) is 28.9 Å². The molecule has 2 aromatic rings. The largest absolute Gasteiger partial charge is 0.388 e. The summed E-state index contributed by atoms with van der Waals surface area (Å²) in [6, 6.07) is 14.9. The summed E-state index contributed by atoms with van der Waals surface area (Å²) in [6.07, 6.45) is 3.71. The van der Waals surface area contributed by atoms with Gasteiger partial charge in [0.25, 0.3) is 10.1 Å². The molecule has 0 radical (unpaired) electrons. The second-order valence-corrected chi connectivity index (χ2v) is 15.8. The van der Waals surface area contributed by atoms with Crippen molar-refractivity contribution in [3.05, 3.63) is 70.6 Å². The van der Waals surface area contributed by atoms with Crippen molar-refractivity contribution in [1.29, 1.82) is 0 Å². The number of benzene rings is 2. The van der Waals surface area contributed by atoms with Crippen LogP contribution in [0.4, 0.5) is 0 Å². The molecule has 1 saturated heterocycles. The van der Waals surface area contributed by atoms with E-state index in [9.17, 15) is 21.9 Å². The summed E-state index contributed by atoms with van der Waals surface area (Å²) in [5, 5.41) is 11.0. The van der Waals surface area contributed by atoms with Crippen LogP contribution in [0.25, 0.3) is 0 Å². The molecule has 2 fully saturated rings. The highest BCUT2D eigenvalue weighted by Gasteiger charge is 2.52. The van der Waals surface area contributed by atoms with Gasteiger partial charge in [-0.2, -0.15) is 8.42 Å². The number of allylic oxidation sites excluding steroid dienone is 1. The number of rotatable bonds is 11. The quantitative estimate of drug-likeness (QED) is 0.270. The van der Waals surface area contributed by atoms with Crippen LogP contribution in [0.3, 0.4) is 0 Å². The third-order valence-electron chi connectivity index (χ3n) is 9.33. The van der Waals surface area contributed by atoms with Gasteiger partial charge in [-0.15, -0.1) is 0 Å². The minimum Gasteiger partial charge on any atom is -0.388 e. The fraction of sp³-hybridized carbons (Fsp3) is 0.548. The lowest BCUT2D eigenvalue weighted by Crippen LogP contribution is -2.38. The fourth-order valence-corrected chi connectivity index (χ4v) is 9.68. The minimum absolute atomic E-state index is 0.0251. The maximum Gasteiger partial charge on any atom is 0.296 e. The average Bonchev–Trinajstić information content (AvgIpc) is 3.56. The Morgan fingerprint density at radius 3 is 2.33 bits per heavy atom. The summed E-state index contributed by atoms with van der Waals surface area (Å²) in [5.41, 5.74) is 1.18. The monoisotopic (exact) mass is 588 g/mol. The summed E-state index contributed by atoms with van der Waals surface area (Å²) in [7, 11) is -7.81. The second-order valence-electron chi connectivity index (χ2n) is 12.2. The Labute approximate surface area is 238 Å². The molecule has 0 amide bonds. The molecular formula is C31H40O7S2. The molecule has 0 aromatic heterocycles. The van der Waals surface area contributed by atoms with Crippen molar-refractivity contribution in [3.63, 3.8) is 0 Å². The van der Waals surface area contributed by atoms with Gasteiger partial charge in [-0.1, -0.05) is 49.2 Å². The number of hydrogen-bond donors (Lipinski definition) is 1. The smallest absolute Gasteiger partial charge is 0.296 e. The van der Waals surface area contributed by atoms with E-state index in [4.69, 9.17) is 8.92 Å². The summed E-state index contributed by atoms with van der Waals surface area (Å²) in [6.45, 7) is 6.85. The van der Waals surface area contributed by atoms with Gasteiger partial charge >= 0.3 is 0 Å². The van der Waals surface area contributed by atoms with E-state index in [2.05, 4.69) is 13.8 Å². The van der Waals surface area contributed by atoms with E-state index in [0.717, 1.165) is 43.4 Å². The van der Waals surface area contributed by atoms with Gasteiger partial charge in [0, 0.05) is 0 Å². The van der Waals surface area contributed by atoms with Gasteiger partial charge in [0.05, 0.1) is 39.6 Å². The van der Waals surface area contributed by atoms with Crippen LogP contribution in [0.2, 0.25) is 0 Å². The van der Waals surface area contributed by atoms with Crippen LogP contribution in [0.15, 0.2) is 74.9 Å². The van der Waals surface area contributed by atoms with Crippen LogP contribution in [-0.4, -0.2) is 46.9 Å². The molecule has 1 N–H and O–H groups in total. The van der Waals surface area contributed by atoms with E-state index >= 15 is 0 Å². The van der Waals surface area contributed by atoms with Crippen LogP contribution < -0.4 is 0 Å². The zero-order chi connectivity index (χ0) is 28.8. The molecule has 0 bridgehead atoms. The van der Waals surface area contributed by atoms with E-state index < -0.39 is 31.5 Å². The maximum atomic E-state index is 13.8. The predicted octanol–water partition coefficient (Wildman–Crippen LogP) is 5.57. The van der Waals surface area contributed by atoms with Crippen molar-refractivity contribution in [1.82, 2.24) is 0 Å². The minimum atomic E-state index is -3.94. The molecule has 1 heterocycles. The Balaban J connectivity index is 1.44. The zero-order valence-corrected chi connectivity index (χ0v) is 25.1. The standard InChI is InChI=1S/C31H40O7S2/c1-22-11-13-25(14-12-22)40(35,36)38-20-23(8-7-18-30(2)21-37-30)26-15-16-27-29(28(32)17-19-31(26,27)3)39(33,34)24-9-5-4-6-10-24/h4-6,9-14,23,26,28,32H,7-8,15-21H2,1-3H3/t23-,26?,28-,30?,31+/m0/s1. The molecule has 5 rings (SSSR count). The van der Waals surface area contributed by atoms with Crippen molar-refractivity contribution in [2.45, 2.75) is 87.2 Å². The Morgan fingerprint density at radius 1 is 1.00 bits per heavy atom. The molecule has 40 heavy (non-hydrogen) atoms. The van der Waals surface area contributed by atoms with Crippen LogP contribution in [0.5, 0.6) is 0 Å². The van der Waals surface area contributed by atoms with Gasteiger partial charge < -0.3 is 9.84 Å². The number of aryl methyl sites for hydroxylation is 1. The maximum absolute atomic E-state index is 13.8. The molecular weight excluding hydrogens is 548 g/mol. The fourth-order valence-electron chi connectivity index (χ4n) is 6.82. The van der Waals surface area contributed by atoms with Gasteiger partial charge in [-0.3, -0.25) is 4.18 Å². The number of aliphatic hydroxyl groups is 1. The molecule has 0 spiro atoms. The van der Waals surface area contributed by atoms with Crippen molar-refractivity contribution >= 4 is 20.0 Å². The first kappa shape index (κ1) is 29.5. The van der Waals surface area contributed by atoms with Gasteiger partial charge in [0.2, 0.25) is 9.84 Å². The third-order valence-corrected chi connectivity index (χ3v) is 12.6. The Hall–Kier alpha value is -2.04. The Morgan fingerprint density at radius 2 is 1.68 bits per heavy atom. The number of epoxide rings is 1. The van der Waals surface area contributed by atoms with Crippen molar-refractivity contribution in [2.24, 2.45) is 17.3 Å². The van der Waals surface area contributed by atoms with E-state index in [1.165, 1.54) is 0 Å². The summed E-state index contributed by atoms with van der Waals surface area (Å²) in [5.74, 6) is -0.0712. The lowest BCUT2D eigenvalue weighted by Gasteiger charge is -2.42. The first-order valence-corrected chi connectivity index (χ1v) is 17.1. The van der Waals surface area contributed by atoms with E-state index in [1.807, 2.05) is 6.92 Å². The molecule has 2 aromatic carbocycles. The lowest BCUT2D eigenvalue weighted by atomic mass is 9.65. The molecule has 5 atom stereocenters. The second kappa shape index (κ2) is 11.0. The highest BCUT2D eigenvalue weighted by Crippen LogP contribution is 2.59. The Bertz CT molecular complexity index is 1460. The van der Waals surface area contributed by atoms with E-state index in [1.54, 1.807) is 54.6 Å². The molecule has 2 unspecified atom stereocenters. The highest BCUT2D eigenvalue weighted by atomic mass is 32.2. The topological polar surface area (TPSA) is 110 Å². The number of sulfone groups is 1. The van der Waals surface area contributed by atoms with E-state index in [0.29, 0.717) is 19.3 Å². The predicted molar refractivity (Wildman–Crippen MR) is 153 cm³/mol. The van der Waals surface area contributed by atoms with Crippen LogP contribution in [0, 0.1) is 24.2 Å². The molecule has 3 aliphatic rings. The van der Waals surface area contributed by atoms with E-state index in [-0.39, 0.29) is 38.7 Å². The Kier molecular flexibility index (Phi) is 8.09. The molecule has 2 aliphatic carbocycles. The molecule has 218 valence electrons. The average molecular weight is 589 g/mol.